The van der Waals surface area contributed by atoms with Crippen LogP contribution in [0, 0.1) is 11.2 Å². The van der Waals surface area contributed by atoms with Crippen molar-refractivity contribution in [3.8, 4) is 0 Å². The lowest BCUT2D eigenvalue weighted by Crippen LogP contribution is -2.31. The summed E-state index contributed by atoms with van der Waals surface area (Å²) in [5.74, 6) is -0.951. The van der Waals surface area contributed by atoms with Crippen LogP contribution >= 0.6 is 23.2 Å². The van der Waals surface area contributed by atoms with Crippen LogP contribution in [0.1, 0.15) is 19.3 Å². The lowest BCUT2D eigenvalue weighted by Gasteiger charge is -2.15. The molecule has 1 saturated carbocycles. The fourth-order valence-corrected chi connectivity index (χ4v) is 3.87. The van der Waals surface area contributed by atoms with E-state index in [1.165, 1.54) is 6.07 Å². The van der Waals surface area contributed by atoms with Gasteiger partial charge in [-0.1, -0.05) is 23.2 Å². The minimum Gasteiger partial charge on any atom is -0.396 e. The van der Waals surface area contributed by atoms with Gasteiger partial charge < -0.3 is 5.11 Å². The first kappa shape index (κ1) is 16.0. The summed E-state index contributed by atoms with van der Waals surface area (Å²) in [5.41, 5.74) is -0.181. The zero-order valence-electron chi connectivity index (χ0n) is 10.5. The topological polar surface area (TPSA) is 66.4 Å². The molecule has 0 amide bonds. The molecule has 2 N–H and O–H groups in total. The summed E-state index contributed by atoms with van der Waals surface area (Å²) in [6.07, 6.45) is 2.26. The lowest BCUT2D eigenvalue weighted by molar-refractivity contribution is 0.249. The normalized spacial score (nSPS) is 17.2. The zero-order chi connectivity index (χ0) is 15.0. The van der Waals surface area contributed by atoms with Crippen LogP contribution < -0.4 is 4.72 Å². The number of benzene rings is 1. The van der Waals surface area contributed by atoms with Crippen LogP contribution in [0.4, 0.5) is 4.39 Å². The molecule has 0 heterocycles. The molecule has 112 valence electrons. The fraction of sp³-hybridized carbons (Fsp3) is 0.500. The number of halogens is 3. The number of sulfonamides is 1. The van der Waals surface area contributed by atoms with Crippen LogP contribution in [0.15, 0.2) is 17.0 Å². The number of nitrogens with one attached hydrogen (secondary N) is 1. The lowest BCUT2D eigenvalue weighted by atomic mass is 10.0. The van der Waals surface area contributed by atoms with E-state index in [1.54, 1.807) is 0 Å². The van der Waals surface area contributed by atoms with Gasteiger partial charge in [0.25, 0.3) is 0 Å². The maximum absolute atomic E-state index is 13.5. The Labute approximate surface area is 126 Å². The van der Waals surface area contributed by atoms with E-state index in [0.29, 0.717) is 6.42 Å². The Morgan fingerprint density at radius 1 is 1.35 bits per heavy atom. The first-order chi connectivity index (χ1) is 9.31. The molecule has 0 aromatic heterocycles. The maximum Gasteiger partial charge on any atom is 0.242 e. The van der Waals surface area contributed by atoms with Gasteiger partial charge in [0.1, 0.15) is 4.90 Å². The average Bonchev–Trinajstić information content (AvgIpc) is 3.14. The maximum atomic E-state index is 13.5. The third-order valence-electron chi connectivity index (χ3n) is 3.53. The first-order valence-electron chi connectivity index (χ1n) is 6.05. The van der Waals surface area contributed by atoms with Gasteiger partial charge in [-0.25, -0.2) is 17.5 Å². The summed E-state index contributed by atoms with van der Waals surface area (Å²) in [5, 5.41) is 8.19. The van der Waals surface area contributed by atoms with Gasteiger partial charge in [-0.05, 0) is 36.8 Å². The quantitative estimate of drug-likeness (QED) is 0.781. The summed E-state index contributed by atoms with van der Waals surface area (Å²) in [4.78, 5) is -0.333. The molecule has 0 bridgehead atoms. The highest BCUT2D eigenvalue weighted by Crippen LogP contribution is 2.48. The van der Waals surface area contributed by atoms with Crippen molar-refractivity contribution >= 4 is 33.2 Å². The van der Waals surface area contributed by atoms with E-state index in [2.05, 4.69) is 4.72 Å². The van der Waals surface area contributed by atoms with Crippen LogP contribution in [-0.4, -0.2) is 26.7 Å². The number of aliphatic hydroxyl groups excluding tert-OH is 1. The monoisotopic (exact) mass is 341 g/mol. The second-order valence-corrected chi connectivity index (χ2v) is 7.49. The summed E-state index contributed by atoms with van der Waals surface area (Å²) in [6.45, 7) is 0.217. The molecule has 0 spiro atoms. The second-order valence-electron chi connectivity index (χ2n) is 4.97. The van der Waals surface area contributed by atoms with Crippen molar-refractivity contribution in [1.82, 2.24) is 4.72 Å². The van der Waals surface area contributed by atoms with Crippen molar-refractivity contribution in [3.63, 3.8) is 0 Å². The Hall–Kier alpha value is -0.400. The molecule has 0 aliphatic heterocycles. The molecule has 0 unspecified atom stereocenters. The second kappa shape index (κ2) is 5.77. The minimum absolute atomic E-state index is 0.0120. The van der Waals surface area contributed by atoms with Gasteiger partial charge in [0, 0.05) is 13.2 Å². The smallest absolute Gasteiger partial charge is 0.242 e. The summed E-state index contributed by atoms with van der Waals surface area (Å²) < 4.78 is 40.2. The highest BCUT2D eigenvalue weighted by atomic mass is 35.5. The predicted molar refractivity (Wildman–Crippen MR) is 75.0 cm³/mol. The van der Waals surface area contributed by atoms with Crippen molar-refractivity contribution in [1.29, 1.82) is 0 Å². The van der Waals surface area contributed by atoms with Gasteiger partial charge in [0.15, 0.2) is 5.82 Å². The van der Waals surface area contributed by atoms with Gasteiger partial charge in [0.05, 0.1) is 10.0 Å². The zero-order valence-corrected chi connectivity index (χ0v) is 12.8. The van der Waals surface area contributed by atoms with Crippen molar-refractivity contribution in [2.75, 3.05) is 13.2 Å². The standard InChI is InChI=1S/C12H14Cl2FNO3S/c13-8-1-2-9(10(14)11(8)15)20(18,19)16-7-12(3-4-12)5-6-17/h1-2,16-17H,3-7H2. The Morgan fingerprint density at radius 2 is 2.00 bits per heavy atom. The molecular formula is C12H14Cl2FNO3S. The molecule has 2 rings (SSSR count). The number of rotatable bonds is 6. The van der Waals surface area contributed by atoms with Crippen LogP contribution in [0.25, 0.3) is 0 Å². The van der Waals surface area contributed by atoms with E-state index in [9.17, 15) is 12.8 Å². The molecule has 4 nitrogen and oxygen atoms in total. The summed E-state index contributed by atoms with van der Waals surface area (Å²) in [7, 11) is -3.90. The van der Waals surface area contributed by atoms with Crippen LogP contribution in [0.2, 0.25) is 10.0 Å². The van der Waals surface area contributed by atoms with Crippen molar-refractivity contribution in [2.45, 2.75) is 24.2 Å². The van der Waals surface area contributed by atoms with Gasteiger partial charge >= 0.3 is 0 Å². The Balaban J connectivity index is 2.17. The SMILES string of the molecule is O=S(=O)(NCC1(CCO)CC1)c1ccc(Cl)c(F)c1Cl. The van der Waals surface area contributed by atoms with Gasteiger partial charge in [0.2, 0.25) is 10.0 Å². The molecule has 1 fully saturated rings. The highest BCUT2D eigenvalue weighted by Gasteiger charge is 2.42. The Bertz CT molecular complexity index is 617. The highest BCUT2D eigenvalue weighted by molar-refractivity contribution is 7.89. The Kier molecular flexibility index (Phi) is 4.61. The van der Waals surface area contributed by atoms with Crippen LogP contribution in [0.3, 0.4) is 0 Å². The molecule has 1 aliphatic rings. The minimum atomic E-state index is -3.90. The van der Waals surface area contributed by atoms with Crippen molar-refractivity contribution in [3.05, 3.63) is 28.0 Å². The fourth-order valence-electron chi connectivity index (χ4n) is 1.97. The molecule has 1 aliphatic carbocycles. The summed E-state index contributed by atoms with van der Waals surface area (Å²) in [6, 6.07) is 2.32. The number of aliphatic hydroxyl groups is 1. The molecular weight excluding hydrogens is 328 g/mol. The van der Waals surface area contributed by atoms with Crippen molar-refractivity contribution < 1.29 is 17.9 Å². The molecule has 1 aromatic rings. The predicted octanol–water partition coefficient (Wildman–Crippen LogP) is 2.57. The van der Waals surface area contributed by atoms with E-state index in [4.69, 9.17) is 28.3 Å². The molecule has 8 heteroatoms. The number of hydrogen-bond acceptors (Lipinski definition) is 3. The summed E-state index contributed by atoms with van der Waals surface area (Å²) >= 11 is 11.2. The molecule has 0 radical (unpaired) electrons. The Morgan fingerprint density at radius 3 is 2.55 bits per heavy atom. The van der Waals surface area contributed by atoms with E-state index in [-0.39, 0.29) is 28.5 Å². The molecule has 0 saturated heterocycles. The molecule has 1 aromatic carbocycles. The van der Waals surface area contributed by atoms with Crippen LogP contribution in [0.5, 0.6) is 0 Å². The van der Waals surface area contributed by atoms with Gasteiger partial charge in [-0.2, -0.15) is 0 Å². The number of hydrogen-bond donors (Lipinski definition) is 2. The van der Waals surface area contributed by atoms with E-state index >= 15 is 0 Å². The van der Waals surface area contributed by atoms with E-state index in [1.807, 2.05) is 0 Å². The van der Waals surface area contributed by atoms with Crippen LogP contribution in [-0.2, 0) is 10.0 Å². The first-order valence-corrected chi connectivity index (χ1v) is 8.29. The van der Waals surface area contributed by atoms with E-state index < -0.39 is 20.9 Å². The average molecular weight is 342 g/mol. The van der Waals surface area contributed by atoms with Gasteiger partial charge in [-0.3, -0.25) is 0 Å². The van der Waals surface area contributed by atoms with Crippen molar-refractivity contribution in [2.24, 2.45) is 5.41 Å². The third-order valence-corrected chi connectivity index (χ3v) is 5.74. The third kappa shape index (κ3) is 3.26. The largest absolute Gasteiger partial charge is 0.396 e. The molecule has 0 atom stereocenters. The molecule has 20 heavy (non-hydrogen) atoms. The van der Waals surface area contributed by atoms with Gasteiger partial charge in [-0.15, -0.1) is 0 Å². The van der Waals surface area contributed by atoms with E-state index in [0.717, 1.165) is 18.9 Å².